The number of nitrogens with zero attached hydrogens (tertiary/aromatic N) is 2. The highest BCUT2D eigenvalue weighted by atomic mass is 19.4. The first-order valence-corrected chi connectivity index (χ1v) is 5.53. The molecule has 0 radical (unpaired) electrons. The molecule has 3 nitrogen and oxygen atoms in total. The van der Waals surface area contributed by atoms with E-state index >= 15 is 0 Å². The van der Waals surface area contributed by atoms with E-state index in [-0.39, 0.29) is 24.2 Å². The van der Waals surface area contributed by atoms with Crippen molar-refractivity contribution in [1.82, 2.24) is 9.78 Å². The fraction of sp³-hybridized carbons (Fsp3) is 0.250. The lowest BCUT2D eigenvalue weighted by Gasteiger charge is -2.09. The largest absolute Gasteiger partial charge is 0.419 e. The average Bonchev–Trinajstić information content (AvgIpc) is 2.81. The number of hydrogen-bond donors (Lipinski definition) is 1. The zero-order chi connectivity index (χ0) is 14.0. The van der Waals surface area contributed by atoms with Crippen LogP contribution in [0.15, 0.2) is 30.6 Å². The standard InChI is InChI=1S/C12H11F4N3/c13-10-2-1-3-11(9(10)4-5-17)19-7-8(6-18-19)12(14,15)16/h1-3,6-7H,4-5,17H2. The second-order valence-electron chi connectivity index (χ2n) is 3.95. The molecular formula is C12H11F4N3. The van der Waals surface area contributed by atoms with Gasteiger partial charge in [-0.05, 0) is 25.1 Å². The molecule has 0 aliphatic rings. The topological polar surface area (TPSA) is 43.8 Å². The lowest BCUT2D eigenvalue weighted by Crippen LogP contribution is -2.09. The highest BCUT2D eigenvalue weighted by Gasteiger charge is 2.32. The smallest absolute Gasteiger partial charge is 0.330 e. The van der Waals surface area contributed by atoms with Gasteiger partial charge in [0.05, 0.1) is 17.4 Å². The van der Waals surface area contributed by atoms with E-state index in [9.17, 15) is 17.6 Å². The van der Waals surface area contributed by atoms with Gasteiger partial charge in [0.15, 0.2) is 0 Å². The molecule has 102 valence electrons. The summed E-state index contributed by atoms with van der Waals surface area (Å²) < 4.78 is 52.1. The second kappa shape index (κ2) is 5.00. The Morgan fingerprint density at radius 1 is 1.26 bits per heavy atom. The molecule has 2 rings (SSSR count). The van der Waals surface area contributed by atoms with Crippen molar-refractivity contribution in [2.45, 2.75) is 12.6 Å². The minimum atomic E-state index is -4.47. The van der Waals surface area contributed by atoms with Gasteiger partial charge in [-0.25, -0.2) is 9.07 Å². The van der Waals surface area contributed by atoms with Gasteiger partial charge in [0.2, 0.25) is 0 Å². The van der Waals surface area contributed by atoms with E-state index in [0.29, 0.717) is 6.20 Å². The summed E-state index contributed by atoms with van der Waals surface area (Å²) in [6, 6.07) is 4.16. The maximum absolute atomic E-state index is 13.6. The third-order valence-electron chi connectivity index (χ3n) is 2.65. The molecule has 0 atom stereocenters. The summed E-state index contributed by atoms with van der Waals surface area (Å²) in [5.41, 5.74) is 5.01. The molecule has 19 heavy (non-hydrogen) atoms. The quantitative estimate of drug-likeness (QED) is 0.873. The van der Waals surface area contributed by atoms with E-state index in [0.717, 1.165) is 10.9 Å². The summed E-state index contributed by atoms with van der Waals surface area (Å²) in [6.45, 7) is 0.196. The Bertz CT molecular complexity index is 575. The molecule has 2 N–H and O–H groups in total. The normalized spacial score (nSPS) is 11.8. The number of nitrogens with two attached hydrogens (primary N) is 1. The molecule has 0 unspecified atom stereocenters. The van der Waals surface area contributed by atoms with Crippen molar-refractivity contribution in [3.63, 3.8) is 0 Å². The van der Waals surface area contributed by atoms with E-state index in [4.69, 9.17) is 5.73 Å². The van der Waals surface area contributed by atoms with E-state index in [1.807, 2.05) is 0 Å². The zero-order valence-corrected chi connectivity index (χ0v) is 9.78. The number of aromatic nitrogens is 2. The number of rotatable bonds is 3. The molecule has 0 amide bonds. The summed E-state index contributed by atoms with van der Waals surface area (Å²) in [5.74, 6) is -0.507. The predicted molar refractivity (Wildman–Crippen MR) is 61.3 cm³/mol. The molecule has 0 aliphatic carbocycles. The van der Waals surface area contributed by atoms with Crippen LogP contribution in [0.5, 0.6) is 0 Å². The van der Waals surface area contributed by atoms with Crippen molar-refractivity contribution < 1.29 is 17.6 Å². The van der Waals surface area contributed by atoms with Gasteiger partial charge in [-0.15, -0.1) is 0 Å². The first kappa shape index (κ1) is 13.5. The summed E-state index contributed by atoms with van der Waals surface area (Å²) in [7, 11) is 0. The van der Waals surface area contributed by atoms with Crippen LogP contribution < -0.4 is 5.73 Å². The van der Waals surface area contributed by atoms with Crippen molar-refractivity contribution in [3.05, 3.63) is 47.5 Å². The van der Waals surface area contributed by atoms with Crippen molar-refractivity contribution in [2.24, 2.45) is 5.73 Å². The highest BCUT2D eigenvalue weighted by Crippen LogP contribution is 2.29. The van der Waals surface area contributed by atoms with Gasteiger partial charge < -0.3 is 5.73 Å². The molecule has 7 heteroatoms. The summed E-state index contributed by atoms with van der Waals surface area (Å²) in [5, 5.41) is 3.63. The van der Waals surface area contributed by atoms with E-state index in [2.05, 4.69) is 5.10 Å². The van der Waals surface area contributed by atoms with Gasteiger partial charge in [-0.3, -0.25) is 0 Å². The fourth-order valence-electron chi connectivity index (χ4n) is 1.75. The molecular weight excluding hydrogens is 262 g/mol. The fourth-order valence-corrected chi connectivity index (χ4v) is 1.75. The molecule has 0 spiro atoms. The van der Waals surface area contributed by atoms with E-state index < -0.39 is 17.6 Å². The predicted octanol–water partition coefficient (Wildman–Crippen LogP) is 2.53. The van der Waals surface area contributed by atoms with Gasteiger partial charge in [-0.1, -0.05) is 6.07 Å². The first-order valence-electron chi connectivity index (χ1n) is 5.53. The van der Waals surface area contributed by atoms with E-state index in [1.54, 1.807) is 0 Å². The zero-order valence-electron chi connectivity index (χ0n) is 9.78. The van der Waals surface area contributed by atoms with Gasteiger partial charge in [0.1, 0.15) is 5.82 Å². The number of halogens is 4. The molecule has 2 aromatic rings. The van der Waals surface area contributed by atoms with Crippen LogP contribution in [0.2, 0.25) is 0 Å². The van der Waals surface area contributed by atoms with Gasteiger partial charge in [-0.2, -0.15) is 18.3 Å². The van der Waals surface area contributed by atoms with Crippen LogP contribution in [0.3, 0.4) is 0 Å². The summed E-state index contributed by atoms with van der Waals surface area (Å²) >= 11 is 0. The molecule has 0 saturated heterocycles. The molecule has 1 aromatic heterocycles. The van der Waals surface area contributed by atoms with Crippen molar-refractivity contribution in [2.75, 3.05) is 6.54 Å². The van der Waals surface area contributed by atoms with Gasteiger partial charge in [0, 0.05) is 11.8 Å². The van der Waals surface area contributed by atoms with Crippen LogP contribution in [0.25, 0.3) is 5.69 Å². The Morgan fingerprint density at radius 3 is 2.58 bits per heavy atom. The second-order valence-corrected chi connectivity index (χ2v) is 3.95. The molecule has 1 aromatic carbocycles. The third kappa shape index (κ3) is 2.76. The Balaban J connectivity index is 2.47. The van der Waals surface area contributed by atoms with Crippen LogP contribution >= 0.6 is 0 Å². The molecule has 0 fully saturated rings. The highest BCUT2D eigenvalue weighted by molar-refractivity contribution is 5.42. The number of benzene rings is 1. The van der Waals surface area contributed by atoms with Crippen molar-refractivity contribution in [3.8, 4) is 5.69 Å². The molecule has 1 heterocycles. The van der Waals surface area contributed by atoms with Gasteiger partial charge >= 0.3 is 6.18 Å². The first-order chi connectivity index (χ1) is 8.93. The Kier molecular flexibility index (Phi) is 3.57. The Morgan fingerprint density at radius 2 is 2.00 bits per heavy atom. The van der Waals surface area contributed by atoms with Crippen LogP contribution in [-0.2, 0) is 12.6 Å². The van der Waals surface area contributed by atoms with Crippen LogP contribution in [0, 0.1) is 5.82 Å². The Labute approximate surface area is 106 Å². The van der Waals surface area contributed by atoms with Gasteiger partial charge in [0.25, 0.3) is 0 Å². The minimum absolute atomic E-state index is 0.196. The molecule has 0 saturated carbocycles. The van der Waals surface area contributed by atoms with Crippen molar-refractivity contribution >= 4 is 0 Å². The maximum atomic E-state index is 13.6. The van der Waals surface area contributed by atoms with Crippen molar-refractivity contribution in [1.29, 1.82) is 0 Å². The number of hydrogen-bond acceptors (Lipinski definition) is 2. The van der Waals surface area contributed by atoms with Crippen LogP contribution in [0.4, 0.5) is 17.6 Å². The lowest BCUT2D eigenvalue weighted by molar-refractivity contribution is -0.137. The minimum Gasteiger partial charge on any atom is -0.330 e. The molecule has 0 aliphatic heterocycles. The maximum Gasteiger partial charge on any atom is 0.419 e. The summed E-state index contributed by atoms with van der Waals surface area (Å²) in [4.78, 5) is 0. The van der Waals surface area contributed by atoms with Crippen LogP contribution in [-0.4, -0.2) is 16.3 Å². The third-order valence-corrected chi connectivity index (χ3v) is 2.65. The Hall–Kier alpha value is -1.89. The molecule has 0 bridgehead atoms. The lowest BCUT2D eigenvalue weighted by atomic mass is 10.1. The monoisotopic (exact) mass is 273 g/mol. The van der Waals surface area contributed by atoms with Crippen LogP contribution in [0.1, 0.15) is 11.1 Å². The SMILES string of the molecule is NCCc1c(F)cccc1-n1cc(C(F)(F)F)cn1. The number of alkyl halides is 3. The van der Waals surface area contributed by atoms with E-state index in [1.165, 1.54) is 18.2 Å². The average molecular weight is 273 g/mol. The summed E-state index contributed by atoms with van der Waals surface area (Å²) in [6.07, 6.45) is -2.71.